The maximum atomic E-state index is 5.49. The Kier molecular flexibility index (Phi) is 9.91. The number of hydrogen-bond acceptors (Lipinski definition) is 2. The molecule has 0 aromatic carbocycles. The molecule has 1 aromatic heterocycles. The second-order valence-electron chi connectivity index (χ2n) is 7.30. The monoisotopic (exact) mass is 341 g/mol. The summed E-state index contributed by atoms with van der Waals surface area (Å²) in [4.78, 5) is 4.22. The Morgan fingerprint density at radius 1 is 0.840 bits per heavy atom. The molecule has 1 rings (SSSR count). The topological polar surface area (TPSA) is 26.0 Å². The van der Waals surface area contributed by atoms with E-state index in [2.05, 4.69) is 57.8 Å². The average Bonchev–Trinajstić information content (AvgIpc) is 2.91. The molecule has 0 spiro atoms. The second-order valence-corrected chi connectivity index (χ2v) is 7.30. The van der Waals surface area contributed by atoms with Crippen LogP contribution in [0.4, 0.5) is 0 Å². The van der Waals surface area contributed by atoms with Crippen LogP contribution in [-0.2, 0) is 0 Å². The average molecular weight is 342 g/mol. The zero-order chi connectivity index (χ0) is 18.7. The van der Waals surface area contributed by atoms with E-state index < -0.39 is 0 Å². The molecule has 0 saturated heterocycles. The summed E-state index contributed by atoms with van der Waals surface area (Å²) in [5, 5.41) is 0. The fourth-order valence-corrected chi connectivity index (χ4v) is 2.61. The Labute approximate surface area is 154 Å². The van der Waals surface area contributed by atoms with Crippen molar-refractivity contribution in [3.63, 3.8) is 0 Å². The first-order chi connectivity index (χ1) is 11.9. The standard InChI is InChI=1S/C23H35NO/c1-18(2)10-7-11-19(3)12-8-13-20(4)14-9-15-21(5)16-23-24-17-22(6)25-23/h10,12,14,16-17H,7-9,11,13,15H2,1-6H3. The third kappa shape index (κ3) is 10.6. The number of hydrogen-bond donors (Lipinski definition) is 0. The minimum atomic E-state index is 0.712. The van der Waals surface area contributed by atoms with Crippen LogP contribution in [0.2, 0.25) is 0 Å². The van der Waals surface area contributed by atoms with Gasteiger partial charge in [-0.15, -0.1) is 0 Å². The molecule has 0 N–H and O–H groups in total. The van der Waals surface area contributed by atoms with Gasteiger partial charge in [0.2, 0.25) is 5.89 Å². The van der Waals surface area contributed by atoms with E-state index in [1.54, 1.807) is 6.20 Å². The van der Waals surface area contributed by atoms with Crippen LogP contribution in [0.15, 0.2) is 51.1 Å². The second kappa shape index (κ2) is 11.7. The molecule has 2 nitrogen and oxygen atoms in total. The highest BCUT2D eigenvalue weighted by molar-refractivity contribution is 5.42. The van der Waals surface area contributed by atoms with Gasteiger partial charge in [-0.25, -0.2) is 4.98 Å². The Balaban J connectivity index is 2.29. The van der Waals surface area contributed by atoms with Gasteiger partial charge < -0.3 is 4.42 Å². The Hall–Kier alpha value is -1.83. The van der Waals surface area contributed by atoms with E-state index in [0.29, 0.717) is 5.89 Å². The van der Waals surface area contributed by atoms with Crippen molar-refractivity contribution >= 4 is 6.08 Å². The smallest absolute Gasteiger partial charge is 0.218 e. The van der Waals surface area contributed by atoms with Crippen LogP contribution in [0, 0.1) is 6.92 Å². The normalized spacial score (nSPS) is 13.3. The number of aromatic nitrogens is 1. The van der Waals surface area contributed by atoms with E-state index in [-0.39, 0.29) is 0 Å². The molecule has 0 atom stereocenters. The van der Waals surface area contributed by atoms with Crippen LogP contribution < -0.4 is 0 Å². The number of oxazole rings is 1. The molecular weight excluding hydrogens is 306 g/mol. The minimum absolute atomic E-state index is 0.712. The van der Waals surface area contributed by atoms with Crippen molar-refractivity contribution in [3.8, 4) is 0 Å². The van der Waals surface area contributed by atoms with Crippen molar-refractivity contribution in [2.45, 2.75) is 80.1 Å². The highest BCUT2D eigenvalue weighted by atomic mass is 16.3. The van der Waals surface area contributed by atoms with E-state index in [1.165, 1.54) is 28.7 Å². The van der Waals surface area contributed by atoms with Crippen molar-refractivity contribution < 1.29 is 4.42 Å². The lowest BCUT2D eigenvalue weighted by molar-refractivity contribution is 0.516. The predicted octanol–water partition coefficient (Wildman–Crippen LogP) is 7.59. The van der Waals surface area contributed by atoms with Crippen molar-refractivity contribution in [1.82, 2.24) is 4.98 Å². The van der Waals surface area contributed by atoms with Gasteiger partial charge in [-0.3, -0.25) is 0 Å². The van der Waals surface area contributed by atoms with Gasteiger partial charge in [-0.05, 0) is 86.1 Å². The largest absolute Gasteiger partial charge is 0.442 e. The highest BCUT2D eigenvalue weighted by Crippen LogP contribution is 2.15. The molecule has 0 bridgehead atoms. The number of allylic oxidation sites excluding steroid dienone is 7. The molecule has 138 valence electrons. The van der Waals surface area contributed by atoms with Crippen LogP contribution in [0.5, 0.6) is 0 Å². The Morgan fingerprint density at radius 3 is 1.84 bits per heavy atom. The SMILES string of the molecule is CC(C)=CCCC(C)=CCCC(C)=CCCC(C)=Cc1ncc(C)o1. The fourth-order valence-electron chi connectivity index (χ4n) is 2.61. The molecule has 0 aliphatic rings. The number of nitrogens with zero attached hydrogens (tertiary/aromatic N) is 1. The van der Waals surface area contributed by atoms with Gasteiger partial charge >= 0.3 is 0 Å². The summed E-state index contributed by atoms with van der Waals surface area (Å²) in [6, 6.07) is 0. The van der Waals surface area contributed by atoms with Gasteiger partial charge in [0.05, 0.1) is 6.20 Å². The molecule has 0 aliphatic carbocycles. The molecule has 0 unspecified atom stereocenters. The third-order valence-electron chi connectivity index (χ3n) is 4.16. The predicted molar refractivity (Wildman–Crippen MR) is 110 cm³/mol. The van der Waals surface area contributed by atoms with Gasteiger partial charge in [0, 0.05) is 0 Å². The van der Waals surface area contributed by atoms with E-state index in [9.17, 15) is 0 Å². The van der Waals surface area contributed by atoms with Gasteiger partial charge in [0.15, 0.2) is 0 Å². The first-order valence-corrected chi connectivity index (χ1v) is 9.41. The lowest BCUT2D eigenvalue weighted by Gasteiger charge is -2.02. The molecular formula is C23H35NO. The lowest BCUT2D eigenvalue weighted by Crippen LogP contribution is -1.82. The molecule has 25 heavy (non-hydrogen) atoms. The molecule has 0 saturated carbocycles. The van der Waals surface area contributed by atoms with E-state index in [0.717, 1.165) is 37.9 Å². The zero-order valence-corrected chi connectivity index (χ0v) is 17.0. The first kappa shape index (κ1) is 21.2. The molecule has 0 fully saturated rings. The summed E-state index contributed by atoms with van der Waals surface area (Å²) < 4.78 is 5.49. The molecule has 0 amide bonds. The summed E-state index contributed by atoms with van der Waals surface area (Å²) >= 11 is 0. The summed E-state index contributed by atoms with van der Waals surface area (Å²) in [5.74, 6) is 1.57. The maximum absolute atomic E-state index is 5.49. The van der Waals surface area contributed by atoms with Crippen molar-refractivity contribution in [2.24, 2.45) is 0 Å². The van der Waals surface area contributed by atoms with Crippen LogP contribution in [0.3, 0.4) is 0 Å². The van der Waals surface area contributed by atoms with Gasteiger partial charge in [-0.2, -0.15) is 0 Å². The lowest BCUT2D eigenvalue weighted by atomic mass is 10.0. The highest BCUT2D eigenvalue weighted by Gasteiger charge is 1.98. The Bertz CT molecular complexity index is 637. The molecule has 1 heterocycles. The third-order valence-corrected chi connectivity index (χ3v) is 4.16. The van der Waals surface area contributed by atoms with Gasteiger partial charge in [0.25, 0.3) is 0 Å². The summed E-state index contributed by atoms with van der Waals surface area (Å²) in [7, 11) is 0. The fraction of sp³-hybridized carbons (Fsp3) is 0.522. The maximum Gasteiger partial charge on any atom is 0.218 e. The van der Waals surface area contributed by atoms with Crippen molar-refractivity contribution in [2.75, 3.05) is 0 Å². The summed E-state index contributed by atoms with van der Waals surface area (Å²) in [6.07, 6.45) is 17.7. The van der Waals surface area contributed by atoms with Crippen LogP contribution in [0.25, 0.3) is 6.08 Å². The van der Waals surface area contributed by atoms with E-state index in [4.69, 9.17) is 4.42 Å². The number of rotatable bonds is 10. The van der Waals surface area contributed by atoms with Crippen LogP contribution in [-0.4, -0.2) is 4.98 Å². The van der Waals surface area contributed by atoms with Crippen molar-refractivity contribution in [3.05, 3.63) is 58.4 Å². The summed E-state index contributed by atoms with van der Waals surface area (Å²) in [6.45, 7) is 12.9. The van der Waals surface area contributed by atoms with Crippen LogP contribution >= 0.6 is 0 Å². The quantitative estimate of drug-likeness (QED) is 0.410. The molecule has 1 aromatic rings. The molecule has 0 radical (unpaired) electrons. The molecule has 2 heteroatoms. The summed E-state index contributed by atoms with van der Waals surface area (Å²) in [5.41, 5.74) is 5.70. The van der Waals surface area contributed by atoms with Crippen LogP contribution in [0.1, 0.15) is 84.8 Å². The zero-order valence-electron chi connectivity index (χ0n) is 17.0. The number of aryl methyl sites for hydroxylation is 1. The minimum Gasteiger partial charge on any atom is -0.442 e. The Morgan fingerprint density at radius 2 is 1.36 bits per heavy atom. The van der Waals surface area contributed by atoms with Gasteiger partial charge in [0.1, 0.15) is 5.76 Å². The first-order valence-electron chi connectivity index (χ1n) is 9.41. The van der Waals surface area contributed by atoms with E-state index >= 15 is 0 Å². The van der Waals surface area contributed by atoms with E-state index in [1.807, 2.05) is 13.0 Å². The van der Waals surface area contributed by atoms with Gasteiger partial charge in [-0.1, -0.05) is 40.5 Å². The van der Waals surface area contributed by atoms with Crippen molar-refractivity contribution in [1.29, 1.82) is 0 Å². The molecule has 0 aliphatic heterocycles.